The van der Waals surface area contributed by atoms with Crippen molar-refractivity contribution in [2.24, 2.45) is 11.8 Å². The van der Waals surface area contributed by atoms with Crippen molar-refractivity contribution in [2.45, 2.75) is 32.9 Å². The van der Waals surface area contributed by atoms with E-state index in [9.17, 15) is 9.59 Å². The molecule has 32 heavy (non-hydrogen) atoms. The Bertz CT molecular complexity index is 1240. The first-order valence-corrected chi connectivity index (χ1v) is 11.2. The van der Waals surface area contributed by atoms with Gasteiger partial charge in [-0.25, -0.2) is 9.78 Å². The van der Waals surface area contributed by atoms with Crippen LogP contribution in [0.3, 0.4) is 0 Å². The molecule has 1 saturated carbocycles. The van der Waals surface area contributed by atoms with Crippen molar-refractivity contribution < 1.29 is 9.53 Å². The van der Waals surface area contributed by atoms with E-state index in [0.717, 1.165) is 36.4 Å². The molecule has 166 valence electrons. The van der Waals surface area contributed by atoms with Crippen LogP contribution in [0, 0.1) is 11.8 Å². The molecule has 3 aromatic rings. The minimum Gasteiger partial charge on any atom is -0.465 e. The molecule has 1 aliphatic heterocycles. The lowest BCUT2D eigenvalue weighted by atomic mass is 10.0. The summed E-state index contributed by atoms with van der Waals surface area (Å²) in [6, 6.07) is 12.8. The molecule has 3 unspecified atom stereocenters. The molecule has 2 fully saturated rings. The zero-order valence-corrected chi connectivity index (χ0v) is 18.7. The summed E-state index contributed by atoms with van der Waals surface area (Å²) in [5.74, 6) is 1.88. The Morgan fingerprint density at radius 3 is 2.66 bits per heavy atom. The number of para-hydroxylation sites is 2. The number of esters is 1. The molecule has 7 nitrogen and oxygen atoms in total. The molecule has 2 aromatic carbocycles. The summed E-state index contributed by atoms with van der Waals surface area (Å²) in [4.78, 5) is 32.8. The van der Waals surface area contributed by atoms with Gasteiger partial charge in [0.15, 0.2) is 0 Å². The van der Waals surface area contributed by atoms with Crippen molar-refractivity contribution in [3.8, 4) is 0 Å². The number of aromatic nitrogens is 2. The molecule has 0 bridgehead atoms. The number of carbonyl (C=O) groups is 1. The van der Waals surface area contributed by atoms with E-state index in [0.29, 0.717) is 28.7 Å². The Morgan fingerprint density at radius 1 is 1.19 bits per heavy atom. The predicted molar refractivity (Wildman–Crippen MR) is 125 cm³/mol. The van der Waals surface area contributed by atoms with Gasteiger partial charge in [0.05, 0.1) is 29.6 Å². The average Bonchev–Trinajstić information content (AvgIpc) is 3.43. The van der Waals surface area contributed by atoms with Crippen molar-refractivity contribution in [1.29, 1.82) is 0 Å². The number of ether oxygens (including phenoxy) is 1. The second kappa shape index (κ2) is 7.97. The lowest BCUT2D eigenvalue weighted by molar-refractivity contribution is 0.0602. The van der Waals surface area contributed by atoms with Crippen molar-refractivity contribution in [2.75, 3.05) is 30.4 Å². The van der Waals surface area contributed by atoms with E-state index >= 15 is 0 Å². The van der Waals surface area contributed by atoms with Gasteiger partial charge in [-0.05, 0) is 50.3 Å². The molecule has 3 atom stereocenters. The normalized spacial score (nSPS) is 20.2. The van der Waals surface area contributed by atoms with E-state index in [4.69, 9.17) is 9.72 Å². The van der Waals surface area contributed by atoms with Gasteiger partial charge in [-0.1, -0.05) is 24.3 Å². The van der Waals surface area contributed by atoms with Gasteiger partial charge < -0.3 is 15.0 Å². The summed E-state index contributed by atoms with van der Waals surface area (Å²) >= 11 is 0. The van der Waals surface area contributed by atoms with Crippen LogP contribution in [0.1, 0.15) is 42.2 Å². The highest BCUT2D eigenvalue weighted by atomic mass is 16.5. The second-order valence-corrected chi connectivity index (χ2v) is 8.77. The number of carbonyl (C=O) groups excluding carboxylic acids is 1. The average molecular weight is 433 g/mol. The quantitative estimate of drug-likeness (QED) is 0.597. The van der Waals surface area contributed by atoms with Gasteiger partial charge in [-0.3, -0.25) is 9.36 Å². The van der Waals surface area contributed by atoms with E-state index in [2.05, 4.69) is 10.2 Å². The van der Waals surface area contributed by atoms with Crippen LogP contribution < -0.4 is 15.8 Å². The third-order valence-electron chi connectivity index (χ3n) is 6.74. The maximum Gasteiger partial charge on any atom is 0.339 e. The third kappa shape index (κ3) is 3.42. The lowest BCUT2D eigenvalue weighted by Gasteiger charge is -2.24. The Balaban J connectivity index is 1.57. The molecule has 0 spiro atoms. The highest BCUT2D eigenvalue weighted by molar-refractivity contribution is 5.95. The van der Waals surface area contributed by atoms with Crippen molar-refractivity contribution in [1.82, 2.24) is 9.55 Å². The first-order chi connectivity index (χ1) is 15.5. The fourth-order valence-electron chi connectivity index (χ4n) is 4.90. The van der Waals surface area contributed by atoms with E-state index in [-0.39, 0.29) is 11.6 Å². The smallest absolute Gasteiger partial charge is 0.339 e. The van der Waals surface area contributed by atoms with E-state index in [1.807, 2.05) is 50.2 Å². The van der Waals surface area contributed by atoms with Gasteiger partial charge in [0.2, 0.25) is 5.95 Å². The van der Waals surface area contributed by atoms with Crippen LogP contribution in [0.5, 0.6) is 0 Å². The van der Waals surface area contributed by atoms with E-state index < -0.39 is 5.97 Å². The number of nitrogens with zero attached hydrogens (tertiary/aromatic N) is 3. The Labute approximate surface area is 187 Å². The molecule has 5 rings (SSSR count). The molecule has 2 heterocycles. The van der Waals surface area contributed by atoms with Crippen LogP contribution in [0.4, 0.5) is 11.6 Å². The molecule has 1 aromatic heterocycles. The molecule has 0 amide bonds. The highest BCUT2D eigenvalue weighted by Crippen LogP contribution is 2.46. The van der Waals surface area contributed by atoms with Gasteiger partial charge in [0, 0.05) is 30.9 Å². The number of benzene rings is 2. The monoisotopic (exact) mass is 432 g/mol. The van der Waals surface area contributed by atoms with Crippen LogP contribution in [0.15, 0.2) is 47.3 Å². The fourth-order valence-corrected chi connectivity index (χ4v) is 4.90. The van der Waals surface area contributed by atoms with Crippen molar-refractivity contribution in [3.05, 3.63) is 63.9 Å². The van der Waals surface area contributed by atoms with Gasteiger partial charge in [-0.15, -0.1) is 0 Å². The standard InChI is InChI=1S/C25H28N4O3/c1-4-29-23(30)20-10-7-9-18(22(20)27-25(29)28-13-16-12-17(16)14-28)15(2)26-21-11-6-5-8-19(21)24(31)32-3/h5-11,15-17,26H,4,12-14H2,1-3H3. The molecule has 1 saturated heterocycles. The van der Waals surface area contributed by atoms with Crippen molar-refractivity contribution in [3.63, 3.8) is 0 Å². The zero-order valence-electron chi connectivity index (χ0n) is 18.7. The summed E-state index contributed by atoms with van der Waals surface area (Å²) in [5, 5.41) is 4.04. The third-order valence-corrected chi connectivity index (χ3v) is 6.74. The Morgan fingerprint density at radius 2 is 1.94 bits per heavy atom. The van der Waals surface area contributed by atoms with E-state index in [1.165, 1.54) is 13.5 Å². The number of nitrogens with one attached hydrogen (secondary N) is 1. The number of hydrogen-bond donors (Lipinski definition) is 1. The molecule has 1 aliphatic carbocycles. The number of hydrogen-bond acceptors (Lipinski definition) is 6. The van der Waals surface area contributed by atoms with Crippen LogP contribution in [-0.4, -0.2) is 35.7 Å². The molecule has 0 radical (unpaired) electrons. The number of fused-ring (bicyclic) bond motifs is 2. The molecule has 7 heteroatoms. The number of methoxy groups -OCH3 is 1. The molecule has 2 aliphatic rings. The first-order valence-electron chi connectivity index (χ1n) is 11.2. The minimum atomic E-state index is -0.392. The fraction of sp³-hybridized carbons (Fsp3) is 0.400. The Kier molecular flexibility index (Phi) is 5.12. The predicted octanol–water partition coefficient (Wildman–Crippen LogP) is 3.83. The highest BCUT2D eigenvalue weighted by Gasteiger charge is 2.46. The number of rotatable bonds is 6. The van der Waals surface area contributed by atoms with Gasteiger partial charge >= 0.3 is 5.97 Å². The lowest BCUT2D eigenvalue weighted by Crippen LogP contribution is -2.32. The molecular formula is C25H28N4O3. The van der Waals surface area contributed by atoms with Crippen LogP contribution in [-0.2, 0) is 11.3 Å². The second-order valence-electron chi connectivity index (χ2n) is 8.77. The zero-order chi connectivity index (χ0) is 22.4. The molecule has 1 N–H and O–H groups in total. The van der Waals surface area contributed by atoms with E-state index in [1.54, 1.807) is 10.6 Å². The van der Waals surface area contributed by atoms with Gasteiger partial charge in [0.25, 0.3) is 5.56 Å². The summed E-state index contributed by atoms with van der Waals surface area (Å²) < 4.78 is 6.71. The summed E-state index contributed by atoms with van der Waals surface area (Å²) in [6.07, 6.45) is 1.30. The number of piperidine rings is 1. The maximum atomic E-state index is 13.4. The SMILES string of the molecule is CCn1c(N2CC3CC3C2)nc2c(C(C)Nc3ccccc3C(=O)OC)cccc2c1=O. The van der Waals surface area contributed by atoms with Gasteiger partial charge in [-0.2, -0.15) is 0 Å². The first kappa shape index (κ1) is 20.5. The minimum absolute atomic E-state index is 0.00270. The van der Waals surface area contributed by atoms with Crippen LogP contribution in [0.2, 0.25) is 0 Å². The summed E-state index contributed by atoms with van der Waals surface area (Å²) in [6.45, 7) is 6.55. The van der Waals surface area contributed by atoms with Crippen LogP contribution >= 0.6 is 0 Å². The number of anilines is 2. The molecular weight excluding hydrogens is 404 g/mol. The maximum absolute atomic E-state index is 13.4. The topological polar surface area (TPSA) is 76.5 Å². The largest absolute Gasteiger partial charge is 0.465 e. The van der Waals surface area contributed by atoms with Gasteiger partial charge in [0.1, 0.15) is 0 Å². The summed E-state index contributed by atoms with van der Waals surface area (Å²) in [7, 11) is 1.37. The summed E-state index contributed by atoms with van der Waals surface area (Å²) in [5.41, 5.74) is 2.80. The van der Waals surface area contributed by atoms with Crippen molar-refractivity contribution >= 4 is 28.5 Å². The van der Waals surface area contributed by atoms with Crippen LogP contribution in [0.25, 0.3) is 10.9 Å². The Hall–Kier alpha value is -3.35.